The van der Waals surface area contributed by atoms with Gasteiger partial charge in [-0.05, 0) is 12.3 Å². The number of amidine groups is 1. The molecular formula is C11H24N2. The van der Waals surface area contributed by atoms with Gasteiger partial charge in [-0.2, -0.15) is 0 Å². The zero-order chi connectivity index (χ0) is 10.6. The molecule has 0 amide bonds. The Bertz CT molecular complexity index is 165. The lowest BCUT2D eigenvalue weighted by molar-refractivity contribution is 0.389. The Morgan fingerprint density at radius 3 is 2.08 bits per heavy atom. The highest BCUT2D eigenvalue weighted by molar-refractivity contribution is 5.83. The van der Waals surface area contributed by atoms with Crippen molar-refractivity contribution in [2.45, 2.75) is 41.0 Å². The van der Waals surface area contributed by atoms with E-state index >= 15 is 0 Å². The van der Waals surface area contributed by atoms with Crippen LogP contribution >= 0.6 is 0 Å². The molecule has 2 heteroatoms. The van der Waals surface area contributed by atoms with Crippen molar-refractivity contribution in [2.75, 3.05) is 13.6 Å². The van der Waals surface area contributed by atoms with Crippen molar-refractivity contribution in [3.05, 3.63) is 0 Å². The first-order valence-electron chi connectivity index (χ1n) is 5.05. The lowest BCUT2D eigenvalue weighted by Crippen LogP contribution is -2.36. The molecule has 0 aliphatic heterocycles. The Hall–Kier alpha value is -0.530. The smallest absolute Gasteiger partial charge is 0.101 e. The number of hydrogen-bond donors (Lipinski definition) is 1. The second-order valence-corrected chi connectivity index (χ2v) is 5.20. The SMILES string of the molecule is CC(C)CCN(C)C(=N)C(C)(C)C. The molecule has 0 unspecified atom stereocenters. The Labute approximate surface area is 82.8 Å². The molecule has 0 rings (SSSR count). The summed E-state index contributed by atoms with van der Waals surface area (Å²) in [4.78, 5) is 2.06. The van der Waals surface area contributed by atoms with Crippen LogP contribution in [-0.4, -0.2) is 24.3 Å². The zero-order valence-electron chi connectivity index (χ0n) is 9.94. The molecule has 0 aliphatic carbocycles. The Kier molecular flexibility index (Phi) is 4.45. The van der Waals surface area contributed by atoms with Gasteiger partial charge < -0.3 is 4.90 Å². The van der Waals surface area contributed by atoms with Gasteiger partial charge in [-0.3, -0.25) is 5.41 Å². The number of rotatable bonds is 3. The topological polar surface area (TPSA) is 27.1 Å². The minimum Gasteiger partial charge on any atom is -0.363 e. The summed E-state index contributed by atoms with van der Waals surface area (Å²) in [7, 11) is 2.01. The van der Waals surface area contributed by atoms with E-state index in [0.29, 0.717) is 0 Å². The van der Waals surface area contributed by atoms with Crippen LogP contribution in [0.25, 0.3) is 0 Å². The lowest BCUT2D eigenvalue weighted by atomic mass is 9.94. The van der Waals surface area contributed by atoms with E-state index in [1.807, 2.05) is 7.05 Å². The summed E-state index contributed by atoms with van der Waals surface area (Å²) in [5.74, 6) is 1.45. The van der Waals surface area contributed by atoms with Crippen LogP contribution in [0.4, 0.5) is 0 Å². The predicted octanol–water partition coefficient (Wildman–Crippen LogP) is 2.99. The molecule has 0 bridgehead atoms. The highest BCUT2D eigenvalue weighted by Crippen LogP contribution is 2.17. The molecule has 0 heterocycles. The first-order valence-corrected chi connectivity index (χ1v) is 5.05. The van der Waals surface area contributed by atoms with E-state index in [-0.39, 0.29) is 5.41 Å². The quantitative estimate of drug-likeness (QED) is 0.530. The van der Waals surface area contributed by atoms with Gasteiger partial charge in [-0.25, -0.2) is 0 Å². The third-order valence-corrected chi connectivity index (χ3v) is 2.13. The molecular weight excluding hydrogens is 160 g/mol. The van der Waals surface area contributed by atoms with Crippen molar-refractivity contribution in [3.63, 3.8) is 0 Å². The van der Waals surface area contributed by atoms with Crippen LogP contribution in [0.3, 0.4) is 0 Å². The van der Waals surface area contributed by atoms with Gasteiger partial charge in [0, 0.05) is 19.0 Å². The van der Waals surface area contributed by atoms with Crippen LogP contribution in [0.1, 0.15) is 41.0 Å². The molecule has 0 aromatic rings. The molecule has 0 spiro atoms. The maximum Gasteiger partial charge on any atom is 0.101 e. The van der Waals surface area contributed by atoms with Crippen LogP contribution in [0, 0.1) is 16.7 Å². The minimum absolute atomic E-state index is 0.0221. The third kappa shape index (κ3) is 4.91. The summed E-state index contributed by atoms with van der Waals surface area (Å²) in [5, 5.41) is 7.92. The molecule has 0 aromatic heterocycles. The fraction of sp³-hybridized carbons (Fsp3) is 0.909. The van der Waals surface area contributed by atoms with Gasteiger partial charge in [0.25, 0.3) is 0 Å². The second-order valence-electron chi connectivity index (χ2n) is 5.20. The van der Waals surface area contributed by atoms with E-state index in [2.05, 4.69) is 39.5 Å². The molecule has 0 aliphatic rings. The summed E-state index contributed by atoms with van der Waals surface area (Å²) in [6.07, 6.45) is 1.16. The fourth-order valence-corrected chi connectivity index (χ4v) is 1.14. The summed E-state index contributed by atoms with van der Waals surface area (Å²) < 4.78 is 0. The summed E-state index contributed by atoms with van der Waals surface area (Å²) >= 11 is 0. The molecule has 1 N–H and O–H groups in total. The average molecular weight is 184 g/mol. The van der Waals surface area contributed by atoms with E-state index in [9.17, 15) is 0 Å². The normalized spacial score (nSPS) is 11.9. The van der Waals surface area contributed by atoms with Crippen molar-refractivity contribution >= 4 is 5.84 Å². The Morgan fingerprint density at radius 2 is 1.77 bits per heavy atom. The van der Waals surface area contributed by atoms with Gasteiger partial charge in [-0.15, -0.1) is 0 Å². The van der Waals surface area contributed by atoms with Crippen molar-refractivity contribution in [2.24, 2.45) is 11.3 Å². The molecule has 0 aromatic carbocycles. The zero-order valence-corrected chi connectivity index (χ0v) is 9.94. The largest absolute Gasteiger partial charge is 0.363 e. The van der Waals surface area contributed by atoms with Crippen molar-refractivity contribution in [1.29, 1.82) is 5.41 Å². The molecule has 78 valence electrons. The lowest BCUT2D eigenvalue weighted by Gasteiger charge is -2.29. The molecule has 0 fully saturated rings. The van der Waals surface area contributed by atoms with Crippen LogP contribution in [-0.2, 0) is 0 Å². The highest BCUT2D eigenvalue weighted by atomic mass is 15.1. The molecule has 0 saturated carbocycles. The van der Waals surface area contributed by atoms with Gasteiger partial charge >= 0.3 is 0 Å². The van der Waals surface area contributed by atoms with E-state index in [0.717, 1.165) is 24.7 Å². The molecule has 0 radical (unpaired) electrons. The first kappa shape index (κ1) is 12.5. The van der Waals surface area contributed by atoms with E-state index in [1.165, 1.54) is 0 Å². The van der Waals surface area contributed by atoms with Gasteiger partial charge in [0.15, 0.2) is 0 Å². The summed E-state index contributed by atoms with van der Waals surface area (Å²) in [5.41, 5.74) is -0.0221. The number of nitrogens with zero attached hydrogens (tertiary/aromatic N) is 1. The van der Waals surface area contributed by atoms with Crippen molar-refractivity contribution in [1.82, 2.24) is 4.90 Å². The maximum atomic E-state index is 7.92. The Balaban J connectivity index is 3.98. The monoisotopic (exact) mass is 184 g/mol. The summed E-state index contributed by atoms with van der Waals surface area (Å²) in [6, 6.07) is 0. The average Bonchev–Trinajstić information content (AvgIpc) is 1.96. The molecule has 13 heavy (non-hydrogen) atoms. The van der Waals surface area contributed by atoms with Crippen LogP contribution in [0.5, 0.6) is 0 Å². The minimum atomic E-state index is -0.0221. The van der Waals surface area contributed by atoms with Gasteiger partial charge in [0.2, 0.25) is 0 Å². The molecule has 2 nitrogen and oxygen atoms in total. The second kappa shape index (κ2) is 4.64. The predicted molar refractivity (Wildman–Crippen MR) is 59.3 cm³/mol. The molecule has 0 saturated heterocycles. The Morgan fingerprint density at radius 1 is 1.31 bits per heavy atom. The van der Waals surface area contributed by atoms with E-state index in [1.54, 1.807) is 0 Å². The number of nitrogens with one attached hydrogen (secondary N) is 1. The van der Waals surface area contributed by atoms with Gasteiger partial charge in [-0.1, -0.05) is 34.6 Å². The van der Waals surface area contributed by atoms with Crippen LogP contribution in [0.15, 0.2) is 0 Å². The van der Waals surface area contributed by atoms with Crippen LogP contribution in [0.2, 0.25) is 0 Å². The summed E-state index contributed by atoms with van der Waals surface area (Å²) in [6.45, 7) is 11.7. The number of hydrogen-bond acceptors (Lipinski definition) is 1. The maximum absolute atomic E-state index is 7.92. The highest BCUT2D eigenvalue weighted by Gasteiger charge is 2.20. The third-order valence-electron chi connectivity index (χ3n) is 2.13. The van der Waals surface area contributed by atoms with E-state index in [4.69, 9.17) is 5.41 Å². The van der Waals surface area contributed by atoms with Crippen LogP contribution < -0.4 is 0 Å². The first-order chi connectivity index (χ1) is 5.75. The fourth-order valence-electron chi connectivity index (χ4n) is 1.14. The molecule has 0 atom stereocenters. The standard InChI is InChI=1S/C11H24N2/c1-9(2)7-8-13(6)10(12)11(3,4)5/h9,12H,7-8H2,1-6H3. The van der Waals surface area contributed by atoms with Gasteiger partial charge in [0.05, 0.1) is 0 Å². The van der Waals surface area contributed by atoms with Gasteiger partial charge in [0.1, 0.15) is 5.84 Å². The van der Waals surface area contributed by atoms with E-state index < -0.39 is 0 Å². The van der Waals surface area contributed by atoms with Crippen molar-refractivity contribution < 1.29 is 0 Å². The van der Waals surface area contributed by atoms with Crippen molar-refractivity contribution in [3.8, 4) is 0 Å².